The first-order valence-corrected chi connectivity index (χ1v) is 6.86. The molecule has 0 aromatic heterocycles. The van der Waals surface area contributed by atoms with Crippen LogP contribution < -0.4 is 10.6 Å². The van der Waals surface area contributed by atoms with Crippen molar-refractivity contribution in [1.82, 2.24) is 0 Å². The van der Waals surface area contributed by atoms with Gasteiger partial charge in [0, 0.05) is 10.7 Å². The van der Waals surface area contributed by atoms with Crippen molar-refractivity contribution in [2.75, 3.05) is 4.90 Å². The number of nitrogens with two attached hydrogens (primary N) is 1. The van der Waals surface area contributed by atoms with Crippen molar-refractivity contribution >= 4 is 23.2 Å². The topological polar surface area (TPSA) is 46.3 Å². The second-order valence-corrected chi connectivity index (χ2v) is 5.50. The molecule has 1 fully saturated rings. The molecule has 4 heteroatoms. The second kappa shape index (κ2) is 4.93. The predicted molar refractivity (Wildman–Crippen MR) is 80.8 cm³/mol. The summed E-state index contributed by atoms with van der Waals surface area (Å²) in [5.74, 6) is -0.0575. The Labute approximate surface area is 123 Å². The largest absolute Gasteiger partial charge is 0.318 e. The summed E-state index contributed by atoms with van der Waals surface area (Å²) in [6, 6.07) is 14.8. The van der Waals surface area contributed by atoms with Gasteiger partial charge in [0.05, 0.1) is 6.04 Å². The molecule has 2 aromatic rings. The number of anilines is 1. The van der Waals surface area contributed by atoms with Crippen LogP contribution in [0.1, 0.15) is 17.2 Å². The second-order valence-electron chi connectivity index (χ2n) is 5.07. The Morgan fingerprint density at radius 1 is 1.05 bits per heavy atom. The zero-order chi connectivity index (χ0) is 14.3. The Bertz CT molecular complexity index is 637. The molecule has 1 aliphatic heterocycles. The molecule has 2 atom stereocenters. The smallest absolute Gasteiger partial charge is 0.247 e. The molecule has 102 valence electrons. The maximum absolute atomic E-state index is 12.1. The standard InChI is InChI=1S/C16H15ClN2O/c1-10-2-4-11(5-3-10)15-14(18)16(20)19(15)13-8-6-12(17)7-9-13/h2-9,14-15H,18H2,1H3/t14-,15-/m1/s1. The summed E-state index contributed by atoms with van der Waals surface area (Å²) >= 11 is 5.89. The number of benzene rings is 2. The first kappa shape index (κ1) is 13.2. The van der Waals surface area contributed by atoms with Crippen molar-refractivity contribution in [3.63, 3.8) is 0 Å². The lowest BCUT2D eigenvalue weighted by molar-refractivity contribution is -0.126. The van der Waals surface area contributed by atoms with Crippen LogP contribution in [0.15, 0.2) is 48.5 Å². The number of carbonyl (C=O) groups excluding carboxylic acids is 1. The van der Waals surface area contributed by atoms with Gasteiger partial charge in [-0.2, -0.15) is 0 Å². The molecule has 1 amide bonds. The van der Waals surface area contributed by atoms with Crippen LogP contribution in [-0.2, 0) is 4.79 Å². The minimum absolute atomic E-state index is 0.0575. The first-order chi connectivity index (χ1) is 9.58. The van der Waals surface area contributed by atoms with Gasteiger partial charge < -0.3 is 10.6 Å². The number of hydrogen-bond donors (Lipinski definition) is 1. The highest BCUT2D eigenvalue weighted by atomic mass is 35.5. The fourth-order valence-corrected chi connectivity index (χ4v) is 2.65. The molecule has 0 spiro atoms. The first-order valence-electron chi connectivity index (χ1n) is 6.49. The van der Waals surface area contributed by atoms with Crippen LogP contribution >= 0.6 is 11.6 Å². The summed E-state index contributed by atoms with van der Waals surface area (Å²) in [4.78, 5) is 13.8. The average Bonchev–Trinajstić information content (AvgIpc) is 2.46. The van der Waals surface area contributed by atoms with Crippen LogP contribution in [0.4, 0.5) is 5.69 Å². The van der Waals surface area contributed by atoms with Crippen LogP contribution in [0, 0.1) is 6.92 Å². The maximum Gasteiger partial charge on any atom is 0.247 e. The van der Waals surface area contributed by atoms with E-state index >= 15 is 0 Å². The Balaban J connectivity index is 1.95. The summed E-state index contributed by atoms with van der Waals surface area (Å²) in [7, 11) is 0. The highest BCUT2D eigenvalue weighted by Crippen LogP contribution is 2.38. The summed E-state index contributed by atoms with van der Waals surface area (Å²) in [6.07, 6.45) is 0. The van der Waals surface area contributed by atoms with Crippen LogP contribution in [0.2, 0.25) is 5.02 Å². The molecule has 1 aliphatic rings. The Morgan fingerprint density at radius 3 is 2.25 bits per heavy atom. The van der Waals surface area contributed by atoms with Gasteiger partial charge in [-0.3, -0.25) is 4.79 Å². The van der Waals surface area contributed by atoms with Gasteiger partial charge in [0.25, 0.3) is 0 Å². The third kappa shape index (κ3) is 2.09. The molecule has 0 aliphatic carbocycles. The molecule has 2 N–H and O–H groups in total. The molecule has 1 heterocycles. The van der Waals surface area contributed by atoms with Crippen molar-refractivity contribution in [1.29, 1.82) is 0 Å². The van der Waals surface area contributed by atoms with E-state index in [9.17, 15) is 4.79 Å². The van der Waals surface area contributed by atoms with Crippen LogP contribution in [0.5, 0.6) is 0 Å². The lowest BCUT2D eigenvalue weighted by atomic mass is 9.88. The van der Waals surface area contributed by atoms with Gasteiger partial charge in [0.15, 0.2) is 0 Å². The van der Waals surface area contributed by atoms with E-state index in [1.165, 1.54) is 5.56 Å². The van der Waals surface area contributed by atoms with Gasteiger partial charge in [-0.05, 0) is 36.8 Å². The normalized spacial score (nSPS) is 21.8. The lowest BCUT2D eigenvalue weighted by Crippen LogP contribution is -2.63. The van der Waals surface area contributed by atoms with Crippen molar-refractivity contribution < 1.29 is 4.79 Å². The molecule has 3 rings (SSSR count). The van der Waals surface area contributed by atoms with Crippen molar-refractivity contribution in [3.8, 4) is 0 Å². The fraction of sp³-hybridized carbons (Fsp3) is 0.188. The van der Waals surface area contributed by atoms with Crippen LogP contribution in [0.25, 0.3) is 0 Å². The van der Waals surface area contributed by atoms with E-state index in [2.05, 4.69) is 0 Å². The van der Waals surface area contributed by atoms with E-state index in [1.54, 1.807) is 17.0 Å². The number of hydrogen-bond acceptors (Lipinski definition) is 2. The van der Waals surface area contributed by atoms with Gasteiger partial charge in [-0.1, -0.05) is 41.4 Å². The maximum atomic E-state index is 12.1. The van der Waals surface area contributed by atoms with E-state index in [4.69, 9.17) is 17.3 Å². The molecular formula is C16H15ClN2O. The lowest BCUT2D eigenvalue weighted by Gasteiger charge is -2.45. The van der Waals surface area contributed by atoms with Gasteiger partial charge in [-0.25, -0.2) is 0 Å². The SMILES string of the molecule is Cc1ccc([C@@H]2[C@@H](N)C(=O)N2c2ccc(Cl)cc2)cc1. The van der Waals surface area contributed by atoms with Gasteiger partial charge in [0.1, 0.15) is 6.04 Å². The number of amides is 1. The number of carbonyl (C=O) groups is 1. The highest BCUT2D eigenvalue weighted by molar-refractivity contribution is 6.30. The van der Waals surface area contributed by atoms with Crippen LogP contribution in [-0.4, -0.2) is 11.9 Å². The Morgan fingerprint density at radius 2 is 1.65 bits per heavy atom. The molecular weight excluding hydrogens is 272 g/mol. The Kier molecular flexibility index (Phi) is 3.24. The zero-order valence-electron chi connectivity index (χ0n) is 11.1. The predicted octanol–water partition coefficient (Wildman–Crippen LogP) is 3.06. The minimum Gasteiger partial charge on any atom is -0.318 e. The van der Waals surface area contributed by atoms with Gasteiger partial charge in [-0.15, -0.1) is 0 Å². The molecule has 20 heavy (non-hydrogen) atoms. The zero-order valence-corrected chi connectivity index (χ0v) is 11.8. The molecule has 3 nitrogen and oxygen atoms in total. The van der Waals surface area contributed by atoms with Crippen molar-refractivity contribution in [3.05, 3.63) is 64.7 Å². The van der Waals surface area contributed by atoms with Crippen molar-refractivity contribution in [2.45, 2.75) is 19.0 Å². The fourth-order valence-electron chi connectivity index (χ4n) is 2.52. The third-order valence-corrected chi connectivity index (χ3v) is 3.92. The van der Waals surface area contributed by atoms with Crippen molar-refractivity contribution in [2.24, 2.45) is 5.73 Å². The Hall–Kier alpha value is -1.84. The monoisotopic (exact) mass is 286 g/mol. The van der Waals surface area contributed by atoms with Gasteiger partial charge >= 0.3 is 0 Å². The molecule has 0 unspecified atom stereocenters. The van der Waals surface area contributed by atoms with E-state index in [-0.39, 0.29) is 11.9 Å². The summed E-state index contributed by atoms with van der Waals surface area (Å²) in [6.45, 7) is 2.03. The van der Waals surface area contributed by atoms with Gasteiger partial charge in [0.2, 0.25) is 5.91 Å². The highest BCUT2D eigenvalue weighted by Gasteiger charge is 2.46. The average molecular weight is 287 g/mol. The summed E-state index contributed by atoms with van der Waals surface area (Å²) in [5, 5.41) is 0.651. The van der Waals surface area contributed by atoms with E-state index in [1.807, 2.05) is 43.3 Å². The molecule has 0 saturated carbocycles. The van der Waals surface area contributed by atoms with Crippen LogP contribution in [0.3, 0.4) is 0 Å². The number of nitrogens with zero attached hydrogens (tertiary/aromatic N) is 1. The third-order valence-electron chi connectivity index (χ3n) is 3.66. The van der Waals surface area contributed by atoms with E-state index < -0.39 is 6.04 Å². The molecule has 1 saturated heterocycles. The number of halogens is 1. The quantitative estimate of drug-likeness (QED) is 0.863. The molecule has 0 bridgehead atoms. The number of aryl methyl sites for hydroxylation is 1. The van der Waals surface area contributed by atoms with E-state index in [0.717, 1.165) is 11.3 Å². The molecule has 0 radical (unpaired) electrons. The number of β-lactam (4-membered cyclic amide) rings is 1. The summed E-state index contributed by atoms with van der Waals surface area (Å²) in [5.41, 5.74) is 9.04. The number of rotatable bonds is 2. The summed E-state index contributed by atoms with van der Waals surface area (Å²) < 4.78 is 0. The van der Waals surface area contributed by atoms with E-state index in [0.29, 0.717) is 5.02 Å². The minimum atomic E-state index is -0.478. The molecule has 2 aromatic carbocycles.